The van der Waals surface area contributed by atoms with Gasteiger partial charge in [-0.1, -0.05) is 45.0 Å². The Hall–Kier alpha value is -2.39. The normalized spacial score (nSPS) is 26.6. The second-order valence-electron chi connectivity index (χ2n) is 10.1. The molecule has 1 fully saturated rings. The van der Waals surface area contributed by atoms with Crippen LogP contribution in [0.5, 0.6) is 0 Å². The summed E-state index contributed by atoms with van der Waals surface area (Å²) >= 11 is 0. The zero-order valence-corrected chi connectivity index (χ0v) is 17.3. The summed E-state index contributed by atoms with van der Waals surface area (Å²) < 4.78 is 8.89. The van der Waals surface area contributed by atoms with Gasteiger partial charge in [-0.2, -0.15) is 0 Å². The highest BCUT2D eigenvalue weighted by atomic mass is 16.5. The first-order valence-corrected chi connectivity index (χ1v) is 10.3. The average molecular weight is 370 g/mol. The minimum Gasteiger partial charge on any atom is -0.360 e. The van der Waals surface area contributed by atoms with Crippen molar-refractivity contribution >= 4 is 27.5 Å². The first-order chi connectivity index (χ1) is 13.2. The number of benzene rings is 2. The van der Waals surface area contributed by atoms with Crippen molar-refractivity contribution in [1.82, 2.24) is 9.38 Å². The van der Waals surface area contributed by atoms with Gasteiger partial charge in [0, 0.05) is 16.5 Å². The van der Waals surface area contributed by atoms with E-state index in [-0.39, 0.29) is 16.6 Å². The van der Waals surface area contributed by atoms with Gasteiger partial charge in [-0.05, 0) is 61.4 Å². The second-order valence-corrected chi connectivity index (χ2v) is 10.1. The monoisotopic (exact) mass is 370 g/mol. The molecule has 0 aliphatic carbocycles. The van der Waals surface area contributed by atoms with E-state index in [0.717, 1.165) is 24.0 Å². The standard InChI is InChI=1S/C25H26N2O/c1-23(2,3)21-12-15-8-6-7-9-16(15)22-26-19-13-17-18(14-20(19)27(21)22)25(5)11-10-24(17,4)28-25/h6-9,12-14H,10-11H2,1-5H3. The number of hydrogen-bond acceptors (Lipinski definition) is 2. The van der Waals surface area contributed by atoms with Gasteiger partial charge in [-0.15, -0.1) is 0 Å². The van der Waals surface area contributed by atoms with E-state index in [9.17, 15) is 0 Å². The number of aromatic nitrogens is 2. The van der Waals surface area contributed by atoms with Gasteiger partial charge in [-0.3, -0.25) is 4.40 Å². The number of fused-ring (bicyclic) bond motifs is 10. The summed E-state index contributed by atoms with van der Waals surface area (Å²) in [5, 5.41) is 2.47. The van der Waals surface area contributed by atoms with Crippen molar-refractivity contribution in [1.29, 1.82) is 0 Å². The van der Waals surface area contributed by atoms with Crippen molar-refractivity contribution < 1.29 is 4.74 Å². The summed E-state index contributed by atoms with van der Waals surface area (Å²) in [5.74, 6) is 0. The van der Waals surface area contributed by atoms with Crippen LogP contribution in [0.25, 0.3) is 27.5 Å². The number of nitrogens with zero attached hydrogens (tertiary/aromatic N) is 2. The number of imidazole rings is 1. The van der Waals surface area contributed by atoms with Crippen molar-refractivity contribution in [2.75, 3.05) is 0 Å². The van der Waals surface area contributed by atoms with Gasteiger partial charge >= 0.3 is 0 Å². The van der Waals surface area contributed by atoms with Crippen LogP contribution in [0.15, 0.2) is 42.5 Å². The molecule has 0 spiro atoms. The van der Waals surface area contributed by atoms with E-state index in [4.69, 9.17) is 9.72 Å². The lowest BCUT2D eigenvalue weighted by atomic mass is 9.78. The zero-order chi connectivity index (χ0) is 19.5. The fraction of sp³-hybridized carbons (Fsp3) is 0.400. The fourth-order valence-corrected chi connectivity index (χ4v) is 5.47. The Morgan fingerprint density at radius 2 is 1.64 bits per heavy atom. The Labute approximate surface area is 165 Å². The van der Waals surface area contributed by atoms with Crippen LogP contribution >= 0.6 is 0 Å². The van der Waals surface area contributed by atoms with Gasteiger partial charge in [0.25, 0.3) is 0 Å². The van der Waals surface area contributed by atoms with Crippen LogP contribution < -0.4 is 0 Å². The molecule has 2 aliphatic heterocycles. The number of pyridine rings is 1. The maximum absolute atomic E-state index is 6.50. The van der Waals surface area contributed by atoms with E-state index < -0.39 is 0 Å². The first-order valence-electron chi connectivity index (χ1n) is 10.3. The Morgan fingerprint density at radius 3 is 2.36 bits per heavy atom. The third kappa shape index (κ3) is 1.90. The summed E-state index contributed by atoms with van der Waals surface area (Å²) in [4.78, 5) is 5.14. The van der Waals surface area contributed by atoms with Crippen molar-refractivity contribution in [3.05, 3.63) is 59.3 Å². The fourth-order valence-electron chi connectivity index (χ4n) is 5.47. The summed E-state index contributed by atoms with van der Waals surface area (Å²) in [6.07, 6.45) is 2.18. The third-order valence-electron chi connectivity index (χ3n) is 6.97. The van der Waals surface area contributed by atoms with Crippen molar-refractivity contribution in [3.63, 3.8) is 0 Å². The molecule has 2 aromatic carbocycles. The van der Waals surface area contributed by atoms with E-state index in [1.165, 1.54) is 33.1 Å². The minimum atomic E-state index is -0.166. The van der Waals surface area contributed by atoms with Crippen LogP contribution in [-0.2, 0) is 21.4 Å². The molecule has 1 saturated heterocycles. The summed E-state index contributed by atoms with van der Waals surface area (Å²) in [5.41, 5.74) is 6.99. The van der Waals surface area contributed by atoms with Crippen LogP contribution in [0.1, 0.15) is 64.3 Å². The number of hydrogen-bond donors (Lipinski definition) is 0. The molecular weight excluding hydrogens is 344 g/mol. The molecule has 2 aliphatic rings. The predicted octanol–water partition coefficient (Wildman–Crippen LogP) is 6.19. The molecule has 0 N–H and O–H groups in total. The largest absolute Gasteiger partial charge is 0.360 e. The maximum Gasteiger partial charge on any atom is 0.146 e. The predicted molar refractivity (Wildman–Crippen MR) is 114 cm³/mol. The van der Waals surface area contributed by atoms with Crippen molar-refractivity contribution in [2.24, 2.45) is 0 Å². The van der Waals surface area contributed by atoms with E-state index >= 15 is 0 Å². The van der Waals surface area contributed by atoms with Crippen LogP contribution in [0.2, 0.25) is 0 Å². The molecular formula is C25H26N2O. The van der Waals surface area contributed by atoms with Crippen LogP contribution in [0.4, 0.5) is 0 Å². The highest BCUT2D eigenvalue weighted by molar-refractivity contribution is 5.99. The molecule has 3 heteroatoms. The summed E-state index contributed by atoms with van der Waals surface area (Å²) in [7, 11) is 0. The topological polar surface area (TPSA) is 26.5 Å². The molecule has 4 aromatic rings. The van der Waals surface area contributed by atoms with E-state index in [1.807, 2.05) is 0 Å². The summed E-state index contributed by atoms with van der Waals surface area (Å²) in [6, 6.07) is 15.6. The van der Waals surface area contributed by atoms with Crippen LogP contribution in [0.3, 0.4) is 0 Å². The molecule has 2 unspecified atom stereocenters. The van der Waals surface area contributed by atoms with Gasteiger partial charge in [0.15, 0.2) is 0 Å². The van der Waals surface area contributed by atoms with Crippen molar-refractivity contribution in [3.8, 4) is 0 Å². The minimum absolute atomic E-state index is 0.0142. The average Bonchev–Trinajstić information content (AvgIpc) is 3.24. The molecule has 0 saturated carbocycles. The van der Waals surface area contributed by atoms with Gasteiger partial charge in [0.05, 0.1) is 22.2 Å². The van der Waals surface area contributed by atoms with Gasteiger partial charge < -0.3 is 4.74 Å². The molecule has 2 bridgehead atoms. The Morgan fingerprint density at radius 1 is 0.964 bits per heavy atom. The molecule has 142 valence electrons. The van der Waals surface area contributed by atoms with E-state index in [0.29, 0.717) is 0 Å². The van der Waals surface area contributed by atoms with Crippen LogP contribution in [-0.4, -0.2) is 9.38 Å². The smallest absolute Gasteiger partial charge is 0.146 e. The lowest BCUT2D eigenvalue weighted by molar-refractivity contribution is -0.0661. The van der Waals surface area contributed by atoms with Crippen LogP contribution in [0, 0.1) is 0 Å². The highest BCUT2D eigenvalue weighted by Gasteiger charge is 2.54. The van der Waals surface area contributed by atoms with Crippen molar-refractivity contribution in [2.45, 2.75) is 64.1 Å². The molecule has 2 atom stereocenters. The Balaban J connectivity index is 1.81. The lowest BCUT2D eigenvalue weighted by Gasteiger charge is -2.24. The molecule has 0 amide bonds. The van der Waals surface area contributed by atoms with E-state index in [2.05, 4.69) is 81.5 Å². The Kier molecular flexibility index (Phi) is 2.82. The SMILES string of the molecule is CC(C)(C)c1cc2ccccc2c2nc3cc4c(cc3n12)C1(C)CCC4(C)O1. The molecule has 4 heterocycles. The second kappa shape index (κ2) is 4.77. The molecule has 0 radical (unpaired) electrons. The first kappa shape index (κ1) is 16.6. The highest BCUT2D eigenvalue weighted by Crippen LogP contribution is 2.58. The molecule has 2 aromatic heterocycles. The Bertz CT molecular complexity index is 1310. The molecule has 6 rings (SSSR count). The van der Waals surface area contributed by atoms with Gasteiger partial charge in [0.2, 0.25) is 0 Å². The number of rotatable bonds is 0. The van der Waals surface area contributed by atoms with E-state index in [1.54, 1.807) is 0 Å². The summed E-state index contributed by atoms with van der Waals surface area (Å²) in [6.45, 7) is 11.3. The lowest BCUT2D eigenvalue weighted by Crippen LogP contribution is -2.18. The van der Waals surface area contributed by atoms with Gasteiger partial charge in [0.1, 0.15) is 5.65 Å². The number of ether oxygens (including phenoxy) is 1. The zero-order valence-electron chi connectivity index (χ0n) is 17.3. The van der Waals surface area contributed by atoms with Gasteiger partial charge in [-0.25, -0.2) is 4.98 Å². The molecule has 3 nitrogen and oxygen atoms in total. The quantitative estimate of drug-likeness (QED) is 0.369. The maximum atomic E-state index is 6.50. The molecule has 28 heavy (non-hydrogen) atoms. The third-order valence-corrected chi connectivity index (χ3v) is 6.97.